The third kappa shape index (κ3) is 6.80. The molecule has 0 saturated heterocycles. The van der Waals surface area contributed by atoms with Gasteiger partial charge in [0, 0.05) is 24.5 Å². The molecule has 0 spiro atoms. The van der Waals surface area contributed by atoms with Gasteiger partial charge >= 0.3 is 6.03 Å². The molecule has 0 aliphatic heterocycles. The lowest BCUT2D eigenvalue weighted by Gasteiger charge is -2.10. The highest BCUT2D eigenvalue weighted by Crippen LogP contribution is 2.10. The van der Waals surface area contributed by atoms with Crippen LogP contribution in [-0.2, 0) is 11.3 Å². The van der Waals surface area contributed by atoms with Gasteiger partial charge in [-0.15, -0.1) is 0 Å². The summed E-state index contributed by atoms with van der Waals surface area (Å²) in [4.78, 5) is 27.8. The van der Waals surface area contributed by atoms with Crippen LogP contribution in [0.5, 0.6) is 5.88 Å². The van der Waals surface area contributed by atoms with Crippen LogP contribution in [0.2, 0.25) is 0 Å². The Morgan fingerprint density at radius 2 is 1.96 bits per heavy atom. The normalized spacial score (nSPS) is 10.3. The lowest BCUT2D eigenvalue weighted by atomic mass is 10.2. The van der Waals surface area contributed by atoms with Crippen molar-refractivity contribution in [2.75, 3.05) is 11.9 Å². The Labute approximate surface area is 153 Å². The molecule has 3 N–H and O–H groups in total. The number of ether oxygens (including phenoxy) is 1. The Bertz CT molecular complexity index is 745. The van der Waals surface area contributed by atoms with Crippen molar-refractivity contribution in [3.8, 4) is 5.88 Å². The van der Waals surface area contributed by atoms with E-state index in [1.807, 2.05) is 45.0 Å². The second-order valence-corrected chi connectivity index (χ2v) is 6.13. The molecule has 0 atom stereocenters. The van der Waals surface area contributed by atoms with E-state index in [0.29, 0.717) is 18.1 Å². The minimum atomic E-state index is -0.428. The molecule has 7 heteroatoms. The number of nitrogens with zero attached hydrogens (tertiary/aromatic N) is 1. The molecule has 0 unspecified atom stereocenters. The molecule has 138 valence electrons. The number of hydrogen-bond acceptors (Lipinski definition) is 4. The lowest BCUT2D eigenvalue weighted by Crippen LogP contribution is -2.38. The molecule has 1 aromatic carbocycles. The van der Waals surface area contributed by atoms with Crippen LogP contribution in [0.3, 0.4) is 0 Å². The van der Waals surface area contributed by atoms with Crippen molar-refractivity contribution in [3.05, 3.63) is 53.7 Å². The highest BCUT2D eigenvalue weighted by atomic mass is 16.5. The van der Waals surface area contributed by atoms with Gasteiger partial charge in [0.15, 0.2) is 0 Å². The van der Waals surface area contributed by atoms with Crippen molar-refractivity contribution in [3.63, 3.8) is 0 Å². The molecule has 26 heavy (non-hydrogen) atoms. The topological polar surface area (TPSA) is 92.4 Å². The third-order valence-corrected chi connectivity index (χ3v) is 3.33. The van der Waals surface area contributed by atoms with Crippen LogP contribution in [0.15, 0.2) is 42.6 Å². The molecule has 0 radical (unpaired) electrons. The fourth-order valence-corrected chi connectivity index (χ4v) is 2.15. The van der Waals surface area contributed by atoms with Crippen LogP contribution in [0.25, 0.3) is 0 Å². The number of hydrogen-bond donors (Lipinski definition) is 3. The standard InChI is InChI=1S/C19H24N4O3/c1-13(2)26-18-8-7-15(11-21-18)10-20-17(24)12-22-19(25)23-16-6-4-5-14(3)9-16/h4-9,11,13H,10,12H2,1-3H3,(H,20,24)(H2,22,23,25). The van der Waals surface area contributed by atoms with Crippen LogP contribution in [0.1, 0.15) is 25.0 Å². The van der Waals surface area contributed by atoms with Gasteiger partial charge in [0.2, 0.25) is 11.8 Å². The van der Waals surface area contributed by atoms with Crippen molar-refractivity contribution < 1.29 is 14.3 Å². The van der Waals surface area contributed by atoms with Crippen LogP contribution >= 0.6 is 0 Å². The number of rotatable bonds is 7. The average molecular weight is 356 g/mol. The van der Waals surface area contributed by atoms with Crippen molar-refractivity contribution >= 4 is 17.6 Å². The summed E-state index contributed by atoms with van der Waals surface area (Å²) in [6.07, 6.45) is 1.71. The molecule has 0 bridgehead atoms. The summed E-state index contributed by atoms with van der Waals surface area (Å²) in [5, 5.41) is 7.92. The molecular formula is C19H24N4O3. The quantitative estimate of drug-likeness (QED) is 0.711. The fourth-order valence-electron chi connectivity index (χ4n) is 2.15. The summed E-state index contributed by atoms with van der Waals surface area (Å²) in [6, 6.07) is 10.6. The van der Waals surface area contributed by atoms with E-state index in [9.17, 15) is 9.59 Å². The van der Waals surface area contributed by atoms with Crippen LogP contribution in [0.4, 0.5) is 10.5 Å². The van der Waals surface area contributed by atoms with Gasteiger partial charge in [0.1, 0.15) is 0 Å². The molecule has 7 nitrogen and oxygen atoms in total. The SMILES string of the molecule is Cc1cccc(NC(=O)NCC(=O)NCc2ccc(OC(C)C)nc2)c1. The van der Waals surface area contributed by atoms with Gasteiger partial charge in [0.05, 0.1) is 12.6 Å². The van der Waals surface area contributed by atoms with E-state index in [1.54, 1.807) is 18.3 Å². The maximum Gasteiger partial charge on any atom is 0.319 e. The highest BCUT2D eigenvalue weighted by Gasteiger charge is 2.06. The first-order chi connectivity index (χ1) is 12.4. The Morgan fingerprint density at radius 1 is 1.15 bits per heavy atom. The predicted octanol–water partition coefficient (Wildman–Crippen LogP) is 2.62. The summed E-state index contributed by atoms with van der Waals surface area (Å²) in [5.41, 5.74) is 2.57. The lowest BCUT2D eigenvalue weighted by molar-refractivity contribution is -0.120. The molecule has 0 aliphatic rings. The van der Waals surface area contributed by atoms with Gasteiger partial charge in [0.25, 0.3) is 0 Å². The largest absolute Gasteiger partial charge is 0.475 e. The monoisotopic (exact) mass is 356 g/mol. The molecule has 1 aromatic heterocycles. The zero-order valence-electron chi connectivity index (χ0n) is 15.2. The van der Waals surface area contributed by atoms with E-state index >= 15 is 0 Å². The van der Waals surface area contributed by atoms with E-state index in [1.165, 1.54) is 0 Å². The molecule has 0 saturated carbocycles. The van der Waals surface area contributed by atoms with E-state index in [2.05, 4.69) is 20.9 Å². The molecule has 3 amide bonds. The molecule has 2 rings (SSSR count). The summed E-state index contributed by atoms with van der Waals surface area (Å²) < 4.78 is 5.46. The van der Waals surface area contributed by atoms with Crippen LogP contribution in [-0.4, -0.2) is 29.6 Å². The van der Waals surface area contributed by atoms with Crippen LogP contribution < -0.4 is 20.7 Å². The van der Waals surface area contributed by atoms with E-state index in [-0.39, 0.29) is 18.6 Å². The summed E-state index contributed by atoms with van der Waals surface area (Å²) in [7, 11) is 0. The van der Waals surface area contributed by atoms with Gasteiger partial charge in [-0.25, -0.2) is 9.78 Å². The number of carbonyl (C=O) groups excluding carboxylic acids is 2. The maximum atomic E-state index is 11.8. The predicted molar refractivity (Wildman–Crippen MR) is 100 cm³/mol. The van der Waals surface area contributed by atoms with Gasteiger partial charge in [-0.2, -0.15) is 0 Å². The second kappa shape index (κ2) is 9.41. The number of amides is 3. The Balaban J connectivity index is 1.70. The number of nitrogens with one attached hydrogen (secondary N) is 3. The van der Waals surface area contributed by atoms with Gasteiger partial charge in [-0.3, -0.25) is 4.79 Å². The number of benzene rings is 1. The Kier molecular flexibility index (Phi) is 6.96. The Morgan fingerprint density at radius 3 is 2.62 bits per heavy atom. The van der Waals surface area contributed by atoms with Gasteiger partial charge in [-0.05, 0) is 44.0 Å². The molecule has 0 aliphatic carbocycles. The zero-order chi connectivity index (χ0) is 18.9. The first kappa shape index (κ1) is 19.2. The van der Waals surface area contributed by atoms with Crippen molar-refractivity contribution in [1.29, 1.82) is 0 Å². The molecule has 2 aromatic rings. The average Bonchev–Trinajstić information content (AvgIpc) is 2.59. The first-order valence-corrected chi connectivity index (χ1v) is 8.42. The smallest absolute Gasteiger partial charge is 0.319 e. The first-order valence-electron chi connectivity index (χ1n) is 8.42. The second-order valence-electron chi connectivity index (χ2n) is 6.13. The van der Waals surface area contributed by atoms with E-state index < -0.39 is 6.03 Å². The number of aryl methyl sites for hydroxylation is 1. The van der Waals surface area contributed by atoms with Gasteiger partial charge in [-0.1, -0.05) is 18.2 Å². The zero-order valence-corrected chi connectivity index (χ0v) is 15.2. The number of carbonyl (C=O) groups is 2. The number of aromatic nitrogens is 1. The third-order valence-electron chi connectivity index (χ3n) is 3.33. The fraction of sp³-hybridized carbons (Fsp3) is 0.316. The molecule has 1 heterocycles. The van der Waals surface area contributed by atoms with E-state index in [4.69, 9.17) is 4.74 Å². The minimum absolute atomic E-state index is 0.0603. The minimum Gasteiger partial charge on any atom is -0.475 e. The van der Waals surface area contributed by atoms with Crippen LogP contribution in [0, 0.1) is 6.92 Å². The summed E-state index contributed by atoms with van der Waals surface area (Å²) in [6.45, 7) is 6.01. The summed E-state index contributed by atoms with van der Waals surface area (Å²) in [5.74, 6) is 0.261. The van der Waals surface area contributed by atoms with E-state index in [0.717, 1.165) is 11.1 Å². The molecular weight excluding hydrogens is 332 g/mol. The van der Waals surface area contributed by atoms with Crippen molar-refractivity contribution in [2.24, 2.45) is 0 Å². The Hall–Kier alpha value is -3.09. The number of anilines is 1. The number of pyridine rings is 1. The highest BCUT2D eigenvalue weighted by molar-refractivity contribution is 5.92. The maximum absolute atomic E-state index is 11.8. The van der Waals surface area contributed by atoms with Crippen molar-refractivity contribution in [1.82, 2.24) is 15.6 Å². The summed E-state index contributed by atoms with van der Waals surface area (Å²) >= 11 is 0. The number of urea groups is 1. The van der Waals surface area contributed by atoms with Gasteiger partial charge < -0.3 is 20.7 Å². The van der Waals surface area contributed by atoms with Crippen molar-refractivity contribution in [2.45, 2.75) is 33.4 Å². The molecule has 0 fully saturated rings.